The molecule has 0 saturated carbocycles. The van der Waals surface area contributed by atoms with Crippen LogP contribution >= 0.6 is 11.8 Å². The van der Waals surface area contributed by atoms with E-state index in [9.17, 15) is 0 Å². The van der Waals surface area contributed by atoms with Gasteiger partial charge in [0.15, 0.2) is 0 Å². The van der Waals surface area contributed by atoms with Crippen molar-refractivity contribution < 1.29 is 4.74 Å². The van der Waals surface area contributed by atoms with Crippen LogP contribution in [0.2, 0.25) is 0 Å². The molecule has 0 spiro atoms. The van der Waals surface area contributed by atoms with Gasteiger partial charge in [0.05, 0.1) is 5.04 Å². The lowest BCUT2D eigenvalue weighted by Crippen LogP contribution is -1.91. The number of ether oxygens (including phenoxy) is 1. The molecule has 0 heterocycles. The standard InChI is InChI=1S/C14H13NOS/c1-17-14(15)11-7-9-13(10-8-11)16-12-5-3-2-4-6-12/h2-10,15H,1H3. The van der Waals surface area contributed by atoms with Crippen LogP contribution in [0.4, 0.5) is 0 Å². The summed E-state index contributed by atoms with van der Waals surface area (Å²) in [6, 6.07) is 17.2. The Morgan fingerprint density at radius 2 is 1.53 bits per heavy atom. The van der Waals surface area contributed by atoms with E-state index < -0.39 is 0 Å². The van der Waals surface area contributed by atoms with Crippen LogP contribution in [0, 0.1) is 5.41 Å². The molecule has 0 aromatic heterocycles. The Hall–Kier alpha value is -1.74. The minimum Gasteiger partial charge on any atom is -0.457 e. The van der Waals surface area contributed by atoms with E-state index in [2.05, 4.69) is 0 Å². The van der Waals surface area contributed by atoms with E-state index in [4.69, 9.17) is 10.1 Å². The van der Waals surface area contributed by atoms with Crippen molar-refractivity contribution in [3.63, 3.8) is 0 Å². The summed E-state index contributed by atoms with van der Waals surface area (Å²) in [6.45, 7) is 0. The van der Waals surface area contributed by atoms with Crippen molar-refractivity contribution in [2.24, 2.45) is 0 Å². The van der Waals surface area contributed by atoms with Crippen LogP contribution in [-0.2, 0) is 0 Å². The van der Waals surface area contributed by atoms with Crippen molar-refractivity contribution in [2.45, 2.75) is 0 Å². The highest BCUT2D eigenvalue weighted by molar-refractivity contribution is 8.13. The van der Waals surface area contributed by atoms with Crippen LogP contribution < -0.4 is 4.74 Å². The fourth-order valence-corrected chi connectivity index (χ4v) is 1.79. The molecule has 0 amide bonds. The summed E-state index contributed by atoms with van der Waals surface area (Å²) < 4.78 is 5.67. The Labute approximate surface area is 105 Å². The largest absolute Gasteiger partial charge is 0.457 e. The average Bonchev–Trinajstić information content (AvgIpc) is 2.40. The first-order chi connectivity index (χ1) is 8.29. The van der Waals surface area contributed by atoms with Gasteiger partial charge in [-0.25, -0.2) is 0 Å². The zero-order valence-electron chi connectivity index (χ0n) is 9.51. The van der Waals surface area contributed by atoms with Crippen molar-refractivity contribution in [1.82, 2.24) is 0 Å². The Morgan fingerprint density at radius 1 is 0.941 bits per heavy atom. The molecule has 0 saturated heterocycles. The molecule has 0 atom stereocenters. The van der Waals surface area contributed by atoms with E-state index in [1.807, 2.05) is 60.9 Å². The topological polar surface area (TPSA) is 33.1 Å². The number of thioether (sulfide) groups is 1. The van der Waals surface area contributed by atoms with E-state index in [-0.39, 0.29) is 0 Å². The first kappa shape index (κ1) is 11.7. The number of hydrogen-bond donors (Lipinski definition) is 1. The molecule has 0 aliphatic carbocycles. The summed E-state index contributed by atoms with van der Waals surface area (Å²) in [4.78, 5) is 0. The zero-order valence-corrected chi connectivity index (χ0v) is 10.3. The molecule has 2 nitrogen and oxygen atoms in total. The Bertz CT molecular complexity index is 493. The summed E-state index contributed by atoms with van der Waals surface area (Å²) >= 11 is 1.43. The monoisotopic (exact) mass is 243 g/mol. The number of para-hydroxylation sites is 1. The smallest absolute Gasteiger partial charge is 0.127 e. The SMILES string of the molecule is CSC(=N)c1ccc(Oc2ccccc2)cc1. The van der Waals surface area contributed by atoms with E-state index >= 15 is 0 Å². The maximum Gasteiger partial charge on any atom is 0.127 e. The van der Waals surface area contributed by atoms with E-state index in [0.29, 0.717) is 5.04 Å². The van der Waals surface area contributed by atoms with E-state index in [1.165, 1.54) is 11.8 Å². The van der Waals surface area contributed by atoms with Crippen molar-refractivity contribution in [2.75, 3.05) is 6.26 Å². The third kappa shape index (κ3) is 3.11. The maximum atomic E-state index is 7.69. The van der Waals surface area contributed by atoms with Gasteiger partial charge in [-0.1, -0.05) is 18.2 Å². The van der Waals surface area contributed by atoms with Gasteiger partial charge in [-0.05, 0) is 42.7 Å². The molecule has 2 rings (SSSR count). The molecular formula is C14H13NOS. The van der Waals surface area contributed by atoms with Gasteiger partial charge in [0.25, 0.3) is 0 Å². The van der Waals surface area contributed by atoms with Crippen LogP contribution in [0.15, 0.2) is 54.6 Å². The third-order valence-electron chi connectivity index (χ3n) is 2.30. The minimum absolute atomic E-state index is 0.566. The highest BCUT2D eigenvalue weighted by Gasteiger charge is 2.00. The summed E-state index contributed by atoms with van der Waals surface area (Å²) in [6.07, 6.45) is 1.90. The molecule has 86 valence electrons. The molecule has 0 fully saturated rings. The maximum absolute atomic E-state index is 7.69. The van der Waals surface area contributed by atoms with Crippen molar-refractivity contribution in [1.29, 1.82) is 5.41 Å². The van der Waals surface area contributed by atoms with Crippen LogP contribution in [0.5, 0.6) is 11.5 Å². The molecular weight excluding hydrogens is 230 g/mol. The normalized spacial score (nSPS) is 9.94. The summed E-state index contributed by atoms with van der Waals surface area (Å²) in [5, 5.41) is 8.26. The molecule has 2 aromatic rings. The molecule has 0 radical (unpaired) electrons. The molecule has 2 aromatic carbocycles. The van der Waals surface area contributed by atoms with Gasteiger partial charge < -0.3 is 4.74 Å². The van der Waals surface area contributed by atoms with Gasteiger partial charge in [-0.3, -0.25) is 5.41 Å². The second-order valence-corrected chi connectivity index (χ2v) is 4.29. The molecule has 0 aliphatic rings. The molecule has 0 bridgehead atoms. The first-order valence-electron chi connectivity index (χ1n) is 5.25. The van der Waals surface area contributed by atoms with Crippen LogP contribution in [0.1, 0.15) is 5.56 Å². The summed E-state index contributed by atoms with van der Waals surface area (Å²) in [5.74, 6) is 1.61. The number of rotatable bonds is 3. The summed E-state index contributed by atoms with van der Waals surface area (Å²) in [5.41, 5.74) is 0.915. The molecule has 17 heavy (non-hydrogen) atoms. The highest BCUT2D eigenvalue weighted by atomic mass is 32.2. The fourth-order valence-electron chi connectivity index (χ4n) is 1.42. The lowest BCUT2D eigenvalue weighted by Gasteiger charge is -2.06. The molecule has 3 heteroatoms. The Balaban J connectivity index is 2.11. The van der Waals surface area contributed by atoms with Gasteiger partial charge in [0.2, 0.25) is 0 Å². The molecule has 0 aliphatic heterocycles. The molecule has 1 N–H and O–H groups in total. The Morgan fingerprint density at radius 3 is 2.12 bits per heavy atom. The lowest BCUT2D eigenvalue weighted by atomic mass is 10.2. The van der Waals surface area contributed by atoms with Crippen molar-refractivity contribution in [3.8, 4) is 11.5 Å². The average molecular weight is 243 g/mol. The van der Waals surface area contributed by atoms with Crippen LogP contribution in [0.3, 0.4) is 0 Å². The highest BCUT2D eigenvalue weighted by Crippen LogP contribution is 2.22. The second-order valence-electron chi connectivity index (χ2n) is 3.47. The van der Waals surface area contributed by atoms with Gasteiger partial charge >= 0.3 is 0 Å². The van der Waals surface area contributed by atoms with Gasteiger partial charge in [-0.15, -0.1) is 11.8 Å². The minimum atomic E-state index is 0.566. The van der Waals surface area contributed by atoms with Crippen molar-refractivity contribution >= 4 is 16.8 Å². The third-order valence-corrected chi connectivity index (χ3v) is 2.94. The summed E-state index contributed by atoms with van der Waals surface area (Å²) in [7, 11) is 0. The lowest BCUT2D eigenvalue weighted by molar-refractivity contribution is 0.482. The van der Waals surface area contributed by atoms with Gasteiger partial charge in [-0.2, -0.15) is 0 Å². The second kappa shape index (κ2) is 5.55. The predicted octanol–water partition coefficient (Wildman–Crippen LogP) is 4.17. The van der Waals surface area contributed by atoms with E-state index in [0.717, 1.165) is 17.1 Å². The number of nitrogens with one attached hydrogen (secondary N) is 1. The predicted molar refractivity (Wildman–Crippen MR) is 73.3 cm³/mol. The van der Waals surface area contributed by atoms with Gasteiger partial charge in [0, 0.05) is 5.56 Å². The number of benzene rings is 2. The van der Waals surface area contributed by atoms with E-state index in [1.54, 1.807) is 0 Å². The molecule has 0 unspecified atom stereocenters. The fraction of sp³-hybridized carbons (Fsp3) is 0.0714. The Kier molecular flexibility index (Phi) is 3.83. The van der Waals surface area contributed by atoms with Crippen LogP contribution in [0.25, 0.3) is 0 Å². The first-order valence-corrected chi connectivity index (χ1v) is 6.48. The quantitative estimate of drug-likeness (QED) is 0.648. The number of hydrogen-bond acceptors (Lipinski definition) is 3. The van der Waals surface area contributed by atoms with Crippen LogP contribution in [-0.4, -0.2) is 11.3 Å². The van der Waals surface area contributed by atoms with Gasteiger partial charge in [0.1, 0.15) is 11.5 Å². The zero-order chi connectivity index (χ0) is 12.1. The van der Waals surface area contributed by atoms with Crippen molar-refractivity contribution in [3.05, 3.63) is 60.2 Å².